The Bertz CT molecular complexity index is 559. The predicted molar refractivity (Wildman–Crippen MR) is 74.4 cm³/mol. The fourth-order valence-corrected chi connectivity index (χ4v) is 2.93. The number of amides is 1. The van der Waals surface area contributed by atoms with Crippen LogP contribution in [0.5, 0.6) is 0 Å². The minimum atomic E-state index is -3.85. The van der Waals surface area contributed by atoms with Gasteiger partial charge in [0.15, 0.2) is 0 Å². The Morgan fingerprint density at radius 3 is 2.50 bits per heavy atom. The number of halogens is 2. The van der Waals surface area contributed by atoms with Gasteiger partial charge in [-0.25, -0.2) is 8.42 Å². The van der Waals surface area contributed by atoms with E-state index in [0.717, 1.165) is 6.42 Å². The van der Waals surface area contributed by atoms with Crippen LogP contribution in [0.4, 0.5) is 0 Å². The highest BCUT2D eigenvalue weighted by atomic mass is 79.9. The van der Waals surface area contributed by atoms with Crippen LogP contribution in [0.15, 0.2) is 27.6 Å². The molecule has 0 bridgehead atoms. The van der Waals surface area contributed by atoms with Gasteiger partial charge in [-0.3, -0.25) is 4.79 Å². The van der Waals surface area contributed by atoms with E-state index >= 15 is 0 Å². The van der Waals surface area contributed by atoms with Crippen molar-refractivity contribution in [2.75, 3.05) is 13.6 Å². The van der Waals surface area contributed by atoms with E-state index in [4.69, 9.17) is 10.7 Å². The van der Waals surface area contributed by atoms with Crippen LogP contribution in [-0.4, -0.2) is 32.8 Å². The topological polar surface area (TPSA) is 54.5 Å². The van der Waals surface area contributed by atoms with Crippen molar-refractivity contribution < 1.29 is 13.2 Å². The lowest BCUT2D eigenvalue weighted by Gasteiger charge is -2.16. The summed E-state index contributed by atoms with van der Waals surface area (Å²) in [7, 11) is 3.09. The number of nitrogens with zero attached hydrogens (tertiary/aromatic N) is 1. The number of hydrogen-bond donors (Lipinski definition) is 0. The van der Waals surface area contributed by atoms with E-state index < -0.39 is 9.05 Å². The van der Waals surface area contributed by atoms with Crippen molar-refractivity contribution in [2.45, 2.75) is 18.2 Å². The van der Waals surface area contributed by atoms with E-state index in [2.05, 4.69) is 15.9 Å². The van der Waals surface area contributed by atoms with E-state index in [1.54, 1.807) is 13.1 Å². The Labute approximate surface area is 119 Å². The molecule has 1 rings (SSSR count). The van der Waals surface area contributed by atoms with E-state index in [-0.39, 0.29) is 10.8 Å². The molecule has 0 saturated heterocycles. The molecule has 0 aliphatic rings. The summed E-state index contributed by atoms with van der Waals surface area (Å²) in [6.45, 7) is 2.56. The fourth-order valence-electron chi connectivity index (χ4n) is 1.48. The van der Waals surface area contributed by atoms with Gasteiger partial charge in [-0.1, -0.05) is 22.9 Å². The van der Waals surface area contributed by atoms with Crippen LogP contribution in [0, 0.1) is 0 Å². The Hall–Kier alpha value is -0.590. The van der Waals surface area contributed by atoms with Crippen LogP contribution >= 0.6 is 26.6 Å². The summed E-state index contributed by atoms with van der Waals surface area (Å²) in [5.41, 5.74) is 0.291. The van der Waals surface area contributed by atoms with Crippen molar-refractivity contribution >= 4 is 41.6 Å². The van der Waals surface area contributed by atoms with Crippen molar-refractivity contribution in [2.24, 2.45) is 0 Å². The molecule has 0 N–H and O–H groups in total. The molecule has 0 saturated carbocycles. The fraction of sp³-hybridized carbons (Fsp3) is 0.364. The van der Waals surface area contributed by atoms with E-state index in [0.29, 0.717) is 16.6 Å². The molecule has 0 atom stereocenters. The lowest BCUT2D eigenvalue weighted by molar-refractivity contribution is 0.0795. The predicted octanol–water partition coefficient (Wildman–Crippen LogP) is 2.86. The van der Waals surface area contributed by atoms with Gasteiger partial charge >= 0.3 is 0 Å². The summed E-state index contributed by atoms with van der Waals surface area (Å²) in [6, 6.07) is 4.21. The molecular weight excluding hydrogens is 342 g/mol. The lowest BCUT2D eigenvalue weighted by atomic mass is 10.2. The monoisotopic (exact) mass is 353 g/mol. The first-order valence-corrected chi connectivity index (χ1v) is 8.36. The Morgan fingerprint density at radius 1 is 1.39 bits per heavy atom. The SMILES string of the molecule is CCCN(C)C(=O)c1cc(Br)cc(S(=O)(=O)Cl)c1. The molecule has 0 fully saturated rings. The highest BCUT2D eigenvalue weighted by molar-refractivity contribution is 9.10. The number of hydrogen-bond acceptors (Lipinski definition) is 3. The van der Waals surface area contributed by atoms with Gasteiger partial charge < -0.3 is 4.90 Å². The zero-order valence-corrected chi connectivity index (χ0v) is 13.1. The molecule has 1 aromatic carbocycles. The minimum absolute atomic E-state index is 0.0909. The van der Waals surface area contributed by atoms with Crippen molar-refractivity contribution in [3.05, 3.63) is 28.2 Å². The number of benzene rings is 1. The Morgan fingerprint density at radius 2 is 2.00 bits per heavy atom. The van der Waals surface area contributed by atoms with Gasteiger partial charge in [0, 0.05) is 34.3 Å². The Balaban J connectivity index is 3.19. The standard InChI is InChI=1S/C11H13BrClNO3S/c1-3-4-14(2)11(15)8-5-9(12)7-10(6-8)18(13,16)17/h5-7H,3-4H2,1-2H3. The molecule has 1 aromatic rings. The van der Waals surface area contributed by atoms with Crippen LogP contribution < -0.4 is 0 Å². The molecule has 4 nitrogen and oxygen atoms in total. The quantitative estimate of drug-likeness (QED) is 0.781. The van der Waals surface area contributed by atoms with E-state index in [1.807, 2.05) is 6.92 Å². The molecular formula is C11H13BrClNO3S. The van der Waals surface area contributed by atoms with Gasteiger partial charge in [-0.15, -0.1) is 0 Å². The average molecular weight is 355 g/mol. The van der Waals surface area contributed by atoms with Crippen molar-refractivity contribution in [3.8, 4) is 0 Å². The van der Waals surface area contributed by atoms with Crippen molar-refractivity contribution in [1.82, 2.24) is 4.90 Å². The van der Waals surface area contributed by atoms with Gasteiger partial charge in [0.2, 0.25) is 0 Å². The van der Waals surface area contributed by atoms with Gasteiger partial charge in [-0.2, -0.15) is 0 Å². The second-order valence-corrected chi connectivity index (χ2v) is 7.32. The first-order valence-electron chi connectivity index (χ1n) is 5.26. The third kappa shape index (κ3) is 3.96. The second-order valence-electron chi connectivity index (χ2n) is 3.84. The highest BCUT2D eigenvalue weighted by Gasteiger charge is 2.17. The number of rotatable bonds is 4. The molecule has 0 aliphatic carbocycles. The van der Waals surface area contributed by atoms with Crippen LogP contribution in [0.25, 0.3) is 0 Å². The highest BCUT2D eigenvalue weighted by Crippen LogP contribution is 2.23. The zero-order chi connectivity index (χ0) is 13.9. The lowest BCUT2D eigenvalue weighted by Crippen LogP contribution is -2.27. The maximum absolute atomic E-state index is 12.0. The van der Waals surface area contributed by atoms with Gasteiger partial charge in [0.05, 0.1) is 4.90 Å². The van der Waals surface area contributed by atoms with Gasteiger partial charge in [-0.05, 0) is 24.6 Å². The maximum Gasteiger partial charge on any atom is 0.261 e. The summed E-state index contributed by atoms with van der Waals surface area (Å²) in [4.78, 5) is 13.5. The zero-order valence-electron chi connectivity index (χ0n) is 9.98. The van der Waals surface area contributed by atoms with Crippen molar-refractivity contribution in [1.29, 1.82) is 0 Å². The summed E-state index contributed by atoms with van der Waals surface area (Å²) in [5.74, 6) is -0.236. The molecule has 0 aromatic heterocycles. The first kappa shape index (κ1) is 15.5. The molecule has 0 unspecified atom stereocenters. The van der Waals surface area contributed by atoms with Gasteiger partial charge in [0.1, 0.15) is 0 Å². The summed E-state index contributed by atoms with van der Waals surface area (Å²) in [6.07, 6.45) is 0.830. The average Bonchev–Trinajstić information content (AvgIpc) is 2.26. The smallest absolute Gasteiger partial charge is 0.261 e. The molecule has 0 radical (unpaired) electrons. The molecule has 0 heterocycles. The summed E-state index contributed by atoms with van der Waals surface area (Å²) in [5, 5.41) is 0. The Kier molecular flexibility index (Phi) is 5.19. The summed E-state index contributed by atoms with van der Waals surface area (Å²) >= 11 is 3.17. The normalized spacial score (nSPS) is 11.3. The van der Waals surface area contributed by atoms with Crippen LogP contribution in [0.1, 0.15) is 23.7 Å². The number of carbonyl (C=O) groups excluding carboxylic acids is 1. The molecule has 1 amide bonds. The molecule has 18 heavy (non-hydrogen) atoms. The van der Waals surface area contributed by atoms with Crippen LogP contribution in [0.2, 0.25) is 0 Å². The van der Waals surface area contributed by atoms with Crippen LogP contribution in [-0.2, 0) is 9.05 Å². The molecule has 0 aliphatic heterocycles. The van der Waals surface area contributed by atoms with E-state index in [1.165, 1.54) is 17.0 Å². The van der Waals surface area contributed by atoms with Gasteiger partial charge in [0.25, 0.3) is 15.0 Å². The van der Waals surface area contributed by atoms with Crippen molar-refractivity contribution in [3.63, 3.8) is 0 Å². The molecule has 7 heteroatoms. The third-order valence-electron chi connectivity index (χ3n) is 2.31. The molecule has 100 valence electrons. The minimum Gasteiger partial charge on any atom is -0.342 e. The van der Waals surface area contributed by atoms with Crippen LogP contribution in [0.3, 0.4) is 0 Å². The number of carbonyl (C=O) groups is 1. The van der Waals surface area contributed by atoms with E-state index in [9.17, 15) is 13.2 Å². The molecule has 0 spiro atoms. The maximum atomic E-state index is 12.0. The first-order chi connectivity index (χ1) is 8.25. The third-order valence-corrected chi connectivity index (χ3v) is 4.10. The summed E-state index contributed by atoms with van der Waals surface area (Å²) < 4.78 is 23.0. The largest absolute Gasteiger partial charge is 0.342 e. The second kappa shape index (κ2) is 6.04.